The Hall–Kier alpha value is -6.55. The molecule has 0 saturated heterocycles. The zero-order valence-electron chi connectivity index (χ0n) is 41.2. The first-order valence-corrected chi connectivity index (χ1v) is 25.5. The van der Waals surface area contributed by atoms with Crippen molar-refractivity contribution in [3.8, 4) is 50.9 Å². The Labute approximate surface area is 417 Å². The maximum absolute atomic E-state index is 6.91. The number of benzene rings is 7. The van der Waals surface area contributed by atoms with E-state index in [2.05, 4.69) is 253 Å². The molecule has 10 aromatic rings. The van der Waals surface area contributed by atoms with Crippen molar-refractivity contribution in [3.05, 3.63) is 196 Å². The molecule has 3 aromatic heterocycles. The number of pyridine rings is 1. The van der Waals surface area contributed by atoms with Gasteiger partial charge in [0.25, 0.3) is 0 Å². The summed E-state index contributed by atoms with van der Waals surface area (Å²) in [6.45, 7) is 20.8. The molecule has 5 nitrogen and oxygen atoms in total. The van der Waals surface area contributed by atoms with Crippen LogP contribution in [-0.2, 0) is 42.0 Å². The molecule has 7 aromatic carbocycles. The van der Waals surface area contributed by atoms with Gasteiger partial charge >= 0.3 is 346 Å². The van der Waals surface area contributed by atoms with Crippen LogP contribution in [0.25, 0.3) is 72.3 Å². The topological polar surface area (TPSA) is 36.9 Å². The number of ether oxygens (including phenoxy) is 1. The van der Waals surface area contributed by atoms with Gasteiger partial charge in [0.1, 0.15) is 0 Å². The van der Waals surface area contributed by atoms with Crippen LogP contribution < -0.4 is 4.74 Å². The number of rotatable bonds is 7. The van der Waals surface area contributed by atoms with Crippen molar-refractivity contribution in [2.24, 2.45) is 0 Å². The van der Waals surface area contributed by atoms with Gasteiger partial charge in [-0.2, -0.15) is 0 Å². The average Bonchev–Trinajstić information content (AvgIpc) is 3.80. The first-order valence-electron chi connectivity index (χ1n) is 24.4. The number of para-hydroxylation sites is 3. The van der Waals surface area contributed by atoms with Crippen molar-refractivity contribution in [1.82, 2.24) is 18.7 Å². The first kappa shape index (κ1) is 44.9. The predicted octanol–water partition coefficient (Wildman–Crippen LogP) is 16.6. The van der Waals surface area contributed by atoms with E-state index in [9.17, 15) is 0 Å². The molecule has 0 fully saturated rings. The van der Waals surface area contributed by atoms with E-state index >= 15 is 0 Å². The van der Waals surface area contributed by atoms with Gasteiger partial charge in [-0.25, -0.2) is 0 Å². The molecule has 0 atom stereocenters. The zero-order chi connectivity index (χ0) is 48.0. The summed E-state index contributed by atoms with van der Waals surface area (Å²) in [5.41, 5.74) is 18.2. The molecule has 0 unspecified atom stereocenters. The number of hydrogen-bond acceptors (Lipinski definition) is 2. The van der Waals surface area contributed by atoms with Crippen molar-refractivity contribution in [2.75, 3.05) is 0 Å². The number of aryl methyl sites for hydroxylation is 2. The van der Waals surface area contributed by atoms with Crippen molar-refractivity contribution in [3.63, 3.8) is 0 Å². The summed E-state index contributed by atoms with van der Waals surface area (Å²) in [7, 11) is 0. The molecule has 0 spiro atoms. The summed E-state index contributed by atoms with van der Waals surface area (Å²) >= 11 is 2.54. The third kappa shape index (κ3) is 8.03. The number of fused-ring (bicyclic) bond motifs is 5. The third-order valence-corrected chi connectivity index (χ3v) is 15.4. The molecule has 1 aliphatic carbocycles. The SMILES string of the molecule is Cc1ccnc(-n2c3cc(Oc4cccc(-n5[c](=[Pt])n(-c6c(-c7ccccc7)cccc6-c6cc(C(C)(C)C)cc(C(C)(C)C)c6)c6ccccc65)c4)ccc3c3cc4c(cc32)C(C)(C)CCC4)c1. The number of hydrogen-bond donors (Lipinski definition) is 0. The monoisotopic (exact) mass is 1080 g/mol. The van der Waals surface area contributed by atoms with E-state index in [1.807, 2.05) is 6.20 Å². The third-order valence-electron chi connectivity index (χ3n) is 14.4. The van der Waals surface area contributed by atoms with Gasteiger partial charge in [0.15, 0.2) is 0 Å². The zero-order valence-corrected chi connectivity index (χ0v) is 43.5. The molecule has 0 amide bonds. The summed E-state index contributed by atoms with van der Waals surface area (Å²) in [5, 5.41) is 2.46. The van der Waals surface area contributed by atoms with Gasteiger partial charge in [-0.3, -0.25) is 0 Å². The van der Waals surface area contributed by atoms with Crippen LogP contribution in [0.2, 0.25) is 0 Å². The van der Waals surface area contributed by atoms with Crippen molar-refractivity contribution in [1.29, 1.82) is 0 Å². The molecule has 69 heavy (non-hydrogen) atoms. The van der Waals surface area contributed by atoms with E-state index in [-0.39, 0.29) is 16.2 Å². The molecule has 0 radical (unpaired) electrons. The maximum atomic E-state index is 6.91. The minimum absolute atomic E-state index is 0.0304. The van der Waals surface area contributed by atoms with Gasteiger partial charge < -0.3 is 0 Å². The van der Waals surface area contributed by atoms with Crippen LogP contribution >= 0.6 is 0 Å². The van der Waals surface area contributed by atoms with E-state index < -0.39 is 0 Å². The Bertz CT molecular complexity index is 3670. The fourth-order valence-electron chi connectivity index (χ4n) is 10.6. The molecular formula is C63H60N4OPt. The minimum atomic E-state index is -0.0304. The van der Waals surface area contributed by atoms with E-state index in [4.69, 9.17) is 9.72 Å². The van der Waals surface area contributed by atoms with Crippen molar-refractivity contribution < 1.29 is 24.1 Å². The van der Waals surface area contributed by atoms with Gasteiger partial charge in [-0.05, 0) is 54.4 Å². The predicted molar refractivity (Wildman–Crippen MR) is 283 cm³/mol. The van der Waals surface area contributed by atoms with Crippen LogP contribution in [0.3, 0.4) is 0 Å². The Morgan fingerprint density at radius 2 is 1.22 bits per heavy atom. The summed E-state index contributed by atoms with van der Waals surface area (Å²) < 4.78 is 15.1. The van der Waals surface area contributed by atoms with Crippen LogP contribution in [0.1, 0.15) is 96.0 Å². The number of imidazole rings is 1. The van der Waals surface area contributed by atoms with Gasteiger partial charge in [0, 0.05) is 6.20 Å². The van der Waals surface area contributed by atoms with Crippen LogP contribution in [0, 0.1) is 10.7 Å². The normalized spacial score (nSPS) is 13.9. The molecule has 6 heteroatoms. The van der Waals surface area contributed by atoms with Crippen LogP contribution in [0.5, 0.6) is 11.5 Å². The quantitative estimate of drug-likeness (QED) is 0.159. The van der Waals surface area contributed by atoms with E-state index in [0.29, 0.717) is 0 Å². The molecule has 3 heterocycles. The Morgan fingerprint density at radius 3 is 1.93 bits per heavy atom. The molecule has 0 saturated carbocycles. The standard InChI is InChI=1S/C63H60N4O.Pt/c1-41-29-31-64-59(32-41)67-57-38-49(27-28-52(57)53-35-43-20-17-30-63(8,9)54(43)39-58(53)67)68-48-22-15-21-47(37-48)65-40-66(56-26-14-13-25-55(56)65)60-50(42-18-11-10-12-19-42)23-16-24-51(60)44-33-45(61(2,3)4)36-46(34-44)62(5,6)7;/h10-16,18-19,21-29,31-39H,17,20,30H2,1-9H3;. The second-order valence-corrected chi connectivity index (χ2v) is 22.9. The summed E-state index contributed by atoms with van der Waals surface area (Å²) in [6.07, 6.45) is 5.43. The van der Waals surface area contributed by atoms with Crippen LogP contribution in [0.4, 0.5) is 0 Å². The van der Waals surface area contributed by atoms with Crippen LogP contribution in [0.15, 0.2) is 164 Å². The van der Waals surface area contributed by atoms with Gasteiger partial charge in [-0.1, -0.05) is 13.8 Å². The molecule has 0 aliphatic heterocycles. The second-order valence-electron chi connectivity index (χ2n) is 21.8. The van der Waals surface area contributed by atoms with Crippen molar-refractivity contribution >= 4 is 32.8 Å². The smallest absolute Gasteiger partial charge is 0.0558 e. The van der Waals surface area contributed by atoms with Gasteiger partial charge in [0.2, 0.25) is 0 Å². The molecule has 0 bridgehead atoms. The van der Waals surface area contributed by atoms with Crippen LogP contribution in [-0.4, -0.2) is 18.7 Å². The van der Waals surface area contributed by atoms with E-state index in [1.54, 1.807) is 0 Å². The summed E-state index contributed by atoms with van der Waals surface area (Å²) in [4.78, 5) is 4.94. The Morgan fingerprint density at radius 1 is 0.565 bits per heavy atom. The number of aromatic nitrogens is 4. The fourth-order valence-corrected chi connectivity index (χ4v) is 11.7. The molecule has 11 rings (SSSR count). The van der Waals surface area contributed by atoms with E-state index in [1.165, 1.54) is 79.2 Å². The summed E-state index contributed by atoms with van der Waals surface area (Å²) in [5.74, 6) is 2.45. The first-order chi connectivity index (χ1) is 33.0. The summed E-state index contributed by atoms with van der Waals surface area (Å²) in [6, 6.07) is 57.9. The minimum Gasteiger partial charge on any atom is -0.0558 e. The molecular weight excluding hydrogens is 1020 g/mol. The number of nitrogens with zero attached hydrogens (tertiary/aromatic N) is 4. The van der Waals surface area contributed by atoms with Gasteiger partial charge in [0.05, 0.1) is 0 Å². The second kappa shape index (κ2) is 16.8. The average molecular weight is 1080 g/mol. The van der Waals surface area contributed by atoms with Gasteiger partial charge in [-0.15, -0.1) is 0 Å². The fraction of sp³-hybridized carbons (Fsp3) is 0.238. The van der Waals surface area contributed by atoms with E-state index in [0.717, 1.165) is 55.5 Å². The Balaban J connectivity index is 1.07. The molecule has 0 N–H and O–H groups in total. The van der Waals surface area contributed by atoms with Crippen molar-refractivity contribution in [2.45, 2.75) is 97.8 Å². The molecule has 348 valence electrons. The Kier molecular flexibility index (Phi) is 11.0. The molecule has 1 aliphatic rings.